The van der Waals surface area contributed by atoms with E-state index in [9.17, 15) is 5.11 Å². The van der Waals surface area contributed by atoms with Crippen molar-refractivity contribution in [3.63, 3.8) is 0 Å². The number of aliphatic hydroxyl groups is 1. The maximum atomic E-state index is 9.60. The first-order valence-electron chi connectivity index (χ1n) is 6.06. The van der Waals surface area contributed by atoms with Crippen molar-refractivity contribution in [1.82, 2.24) is 0 Å². The summed E-state index contributed by atoms with van der Waals surface area (Å²) in [5.41, 5.74) is 4.05. The lowest BCUT2D eigenvalue weighted by atomic mass is 9.74. The van der Waals surface area contributed by atoms with Gasteiger partial charge in [0.05, 0.1) is 0 Å². The molecule has 1 unspecified atom stereocenters. The lowest BCUT2D eigenvalue weighted by molar-refractivity contribution is 0.0945. The molecule has 1 atom stereocenters. The van der Waals surface area contributed by atoms with E-state index < -0.39 is 0 Å². The first-order chi connectivity index (χ1) is 7.40. The van der Waals surface area contributed by atoms with Crippen LogP contribution in [0.4, 0.5) is 0 Å². The average Bonchev–Trinajstić information content (AvgIpc) is 2.23. The Balaban J connectivity index is 3.03. The molecule has 0 bridgehead atoms. The molecule has 1 N–H and O–H groups in total. The monoisotopic (exact) mass is 220 g/mol. The van der Waals surface area contributed by atoms with Crippen LogP contribution in [0.25, 0.3) is 0 Å². The zero-order chi connectivity index (χ0) is 12.3. The van der Waals surface area contributed by atoms with Crippen molar-refractivity contribution < 1.29 is 5.11 Å². The first-order valence-corrected chi connectivity index (χ1v) is 6.06. The summed E-state index contributed by atoms with van der Waals surface area (Å²) in [6.07, 6.45) is 0.958. The second-order valence-electron chi connectivity index (χ2n) is 5.51. The molecule has 0 aliphatic heterocycles. The number of hydrogen-bond acceptors (Lipinski definition) is 1. The van der Waals surface area contributed by atoms with Gasteiger partial charge >= 0.3 is 0 Å². The van der Waals surface area contributed by atoms with Crippen molar-refractivity contribution in [2.45, 2.75) is 41.0 Å². The zero-order valence-corrected chi connectivity index (χ0v) is 11.2. The second kappa shape index (κ2) is 5.01. The van der Waals surface area contributed by atoms with Gasteiger partial charge in [0, 0.05) is 6.61 Å². The van der Waals surface area contributed by atoms with Gasteiger partial charge in [0.15, 0.2) is 0 Å². The predicted molar refractivity (Wildman–Crippen MR) is 69.7 cm³/mol. The molecule has 0 aromatic heterocycles. The van der Waals surface area contributed by atoms with Crippen molar-refractivity contribution in [1.29, 1.82) is 0 Å². The van der Waals surface area contributed by atoms with E-state index in [1.165, 1.54) is 16.7 Å². The molecule has 1 rings (SSSR count). The van der Waals surface area contributed by atoms with Crippen molar-refractivity contribution in [2.75, 3.05) is 6.61 Å². The number of aliphatic hydroxyl groups excluding tert-OH is 1. The smallest absolute Gasteiger partial charge is 0.0490 e. The summed E-state index contributed by atoms with van der Waals surface area (Å²) in [6.45, 7) is 11.1. The van der Waals surface area contributed by atoms with Crippen molar-refractivity contribution >= 4 is 0 Å². The summed E-state index contributed by atoms with van der Waals surface area (Å²) in [4.78, 5) is 0. The molecule has 1 aromatic rings. The van der Waals surface area contributed by atoms with Crippen LogP contribution in [0.3, 0.4) is 0 Å². The molecule has 0 aliphatic rings. The number of hydrogen-bond donors (Lipinski definition) is 1. The summed E-state index contributed by atoms with van der Waals surface area (Å²) in [5, 5.41) is 9.60. The summed E-state index contributed by atoms with van der Waals surface area (Å²) in [5.74, 6) is 0.483. The van der Waals surface area contributed by atoms with Gasteiger partial charge in [0.25, 0.3) is 0 Å². The molecule has 0 radical (unpaired) electrons. The van der Waals surface area contributed by atoms with Gasteiger partial charge in [0.1, 0.15) is 0 Å². The molecule has 90 valence electrons. The molecule has 1 aromatic carbocycles. The highest BCUT2D eigenvalue weighted by Gasteiger charge is 2.28. The van der Waals surface area contributed by atoms with Crippen LogP contribution < -0.4 is 0 Å². The molecular weight excluding hydrogens is 196 g/mol. The Kier molecular flexibility index (Phi) is 4.15. The minimum atomic E-state index is -0.0170. The molecule has 1 nitrogen and oxygen atoms in total. The minimum Gasteiger partial charge on any atom is -0.396 e. The van der Waals surface area contributed by atoms with Crippen LogP contribution in [0.1, 0.15) is 37.5 Å². The SMILES string of the molecule is Cc1cccc(C)c1CC(C)(CO)C(C)C. The Bertz CT molecular complexity index is 334. The van der Waals surface area contributed by atoms with Gasteiger partial charge in [-0.15, -0.1) is 0 Å². The zero-order valence-electron chi connectivity index (χ0n) is 11.2. The highest BCUT2D eigenvalue weighted by atomic mass is 16.3. The van der Waals surface area contributed by atoms with E-state index in [0.717, 1.165) is 6.42 Å². The lowest BCUT2D eigenvalue weighted by Crippen LogP contribution is -2.31. The minimum absolute atomic E-state index is 0.0170. The normalized spacial score (nSPS) is 15.2. The van der Waals surface area contributed by atoms with Crippen LogP contribution in [-0.2, 0) is 6.42 Å². The van der Waals surface area contributed by atoms with Crippen LogP contribution in [0.5, 0.6) is 0 Å². The lowest BCUT2D eigenvalue weighted by Gasteiger charge is -2.33. The summed E-state index contributed by atoms with van der Waals surface area (Å²) in [7, 11) is 0. The maximum absolute atomic E-state index is 9.60. The Morgan fingerprint density at radius 2 is 1.69 bits per heavy atom. The van der Waals surface area contributed by atoms with Crippen LogP contribution in [-0.4, -0.2) is 11.7 Å². The third kappa shape index (κ3) is 2.65. The predicted octanol–water partition coefficient (Wildman–Crippen LogP) is 3.50. The molecule has 0 saturated carbocycles. The van der Waals surface area contributed by atoms with E-state index in [2.05, 4.69) is 52.8 Å². The highest BCUT2D eigenvalue weighted by Crippen LogP contribution is 2.32. The molecular formula is C15H24O. The van der Waals surface area contributed by atoms with E-state index in [0.29, 0.717) is 5.92 Å². The Labute approximate surface area is 99.5 Å². The van der Waals surface area contributed by atoms with Crippen LogP contribution >= 0.6 is 0 Å². The third-order valence-electron chi connectivity index (χ3n) is 3.98. The van der Waals surface area contributed by atoms with Crippen LogP contribution in [0, 0.1) is 25.2 Å². The Morgan fingerprint density at radius 1 is 1.19 bits per heavy atom. The molecule has 0 heterocycles. The van der Waals surface area contributed by atoms with E-state index in [1.807, 2.05) is 0 Å². The first kappa shape index (κ1) is 13.2. The van der Waals surface area contributed by atoms with E-state index in [-0.39, 0.29) is 12.0 Å². The molecule has 1 heteroatoms. The Morgan fingerprint density at radius 3 is 2.06 bits per heavy atom. The average molecular weight is 220 g/mol. The highest BCUT2D eigenvalue weighted by molar-refractivity contribution is 5.34. The maximum Gasteiger partial charge on any atom is 0.0490 e. The van der Waals surface area contributed by atoms with Gasteiger partial charge < -0.3 is 5.11 Å². The van der Waals surface area contributed by atoms with Crippen LogP contribution in [0.2, 0.25) is 0 Å². The quantitative estimate of drug-likeness (QED) is 0.823. The van der Waals surface area contributed by atoms with Crippen LogP contribution in [0.15, 0.2) is 18.2 Å². The molecule has 0 spiro atoms. The van der Waals surface area contributed by atoms with Gasteiger partial charge in [0.2, 0.25) is 0 Å². The van der Waals surface area contributed by atoms with Crippen molar-refractivity contribution in [3.8, 4) is 0 Å². The fourth-order valence-corrected chi connectivity index (χ4v) is 1.97. The largest absolute Gasteiger partial charge is 0.396 e. The second-order valence-corrected chi connectivity index (χ2v) is 5.51. The van der Waals surface area contributed by atoms with Gasteiger partial charge in [-0.05, 0) is 48.3 Å². The van der Waals surface area contributed by atoms with Gasteiger partial charge in [-0.25, -0.2) is 0 Å². The number of aryl methyl sites for hydroxylation is 2. The third-order valence-corrected chi connectivity index (χ3v) is 3.98. The molecule has 0 aliphatic carbocycles. The number of benzene rings is 1. The van der Waals surface area contributed by atoms with Gasteiger partial charge in [-0.2, -0.15) is 0 Å². The fourth-order valence-electron chi connectivity index (χ4n) is 1.97. The molecule has 0 fully saturated rings. The summed E-state index contributed by atoms with van der Waals surface area (Å²) in [6, 6.07) is 6.40. The standard InChI is InChI=1S/C15H24O/c1-11(2)15(5,10-16)9-14-12(3)7-6-8-13(14)4/h6-8,11,16H,9-10H2,1-5H3. The van der Waals surface area contributed by atoms with Gasteiger partial charge in [-0.1, -0.05) is 39.0 Å². The number of rotatable bonds is 4. The fraction of sp³-hybridized carbons (Fsp3) is 0.600. The van der Waals surface area contributed by atoms with E-state index in [1.54, 1.807) is 0 Å². The topological polar surface area (TPSA) is 20.2 Å². The molecule has 0 amide bonds. The van der Waals surface area contributed by atoms with Crippen molar-refractivity contribution in [3.05, 3.63) is 34.9 Å². The van der Waals surface area contributed by atoms with E-state index >= 15 is 0 Å². The van der Waals surface area contributed by atoms with Crippen molar-refractivity contribution in [2.24, 2.45) is 11.3 Å². The summed E-state index contributed by atoms with van der Waals surface area (Å²) < 4.78 is 0. The molecule has 0 saturated heterocycles. The molecule has 16 heavy (non-hydrogen) atoms. The van der Waals surface area contributed by atoms with E-state index in [4.69, 9.17) is 0 Å². The van der Waals surface area contributed by atoms with Gasteiger partial charge in [-0.3, -0.25) is 0 Å². The summed E-state index contributed by atoms with van der Waals surface area (Å²) >= 11 is 0. The Hall–Kier alpha value is -0.820.